The van der Waals surface area contributed by atoms with E-state index >= 15 is 0 Å². The van der Waals surface area contributed by atoms with E-state index in [-0.39, 0.29) is 15.8 Å². The highest BCUT2D eigenvalue weighted by Gasteiger charge is 2.37. The Labute approximate surface area is 250 Å². The average molecular weight is 591 g/mol. The lowest BCUT2D eigenvalue weighted by Gasteiger charge is -2.36. The first kappa shape index (κ1) is 31.4. The van der Waals surface area contributed by atoms with Crippen LogP contribution in [0.5, 0.6) is 0 Å². The standard InChI is InChI=1S/C33H46N4O2SSi/c1-10-13-30(36-40(38)32(2,3)4)29-17-12-16-28(35-29)25-18-19-26-22-34-37(31(26)21-25)27-15-11-14-24(20-27)23-39-41(8,9)33(5,6)7/h11-12,14-22,30,36H,10,13,23H2,1-9H3/t30-,40+/m0/s1. The van der Waals surface area contributed by atoms with E-state index in [9.17, 15) is 4.55 Å². The van der Waals surface area contributed by atoms with Crippen LogP contribution >= 0.6 is 0 Å². The zero-order chi connectivity index (χ0) is 30.0. The molecule has 4 aromatic rings. The summed E-state index contributed by atoms with van der Waals surface area (Å²) in [5.74, 6) is 0. The van der Waals surface area contributed by atoms with E-state index in [1.165, 1.54) is 0 Å². The van der Waals surface area contributed by atoms with Crippen molar-refractivity contribution in [2.75, 3.05) is 0 Å². The van der Waals surface area contributed by atoms with Gasteiger partial charge in [0, 0.05) is 22.3 Å². The minimum absolute atomic E-state index is 0.0782. The largest absolute Gasteiger partial charge is 0.598 e. The third-order valence-corrected chi connectivity index (χ3v) is 14.0. The molecule has 220 valence electrons. The SMILES string of the molecule is CCC[C@H](N[S@+]([O-])C(C)(C)C)c1cccc(-c2ccc3cnn(-c4cccc(CO[Si](C)(C)C(C)(C)C)c4)c3c2)n1. The van der Waals surface area contributed by atoms with Crippen LogP contribution < -0.4 is 4.72 Å². The first-order valence-corrected chi connectivity index (χ1v) is 18.6. The molecule has 0 bridgehead atoms. The number of rotatable bonds is 10. The Hall–Kier alpha value is -2.49. The van der Waals surface area contributed by atoms with Crippen LogP contribution in [0.4, 0.5) is 0 Å². The summed E-state index contributed by atoms with van der Waals surface area (Å²) >= 11 is -1.18. The summed E-state index contributed by atoms with van der Waals surface area (Å²) in [6, 6.07) is 20.8. The molecule has 41 heavy (non-hydrogen) atoms. The monoisotopic (exact) mass is 590 g/mol. The number of benzene rings is 2. The number of fused-ring (bicyclic) bond motifs is 1. The molecule has 4 rings (SSSR count). The average Bonchev–Trinajstić information content (AvgIpc) is 3.34. The molecule has 1 N–H and O–H groups in total. The Kier molecular flexibility index (Phi) is 9.51. The van der Waals surface area contributed by atoms with Gasteiger partial charge in [0.1, 0.15) is 4.75 Å². The zero-order valence-corrected chi connectivity index (χ0v) is 27.9. The quantitative estimate of drug-likeness (QED) is 0.148. The molecule has 0 unspecified atom stereocenters. The summed E-state index contributed by atoms with van der Waals surface area (Å²) < 4.78 is 24.3. The molecule has 0 amide bonds. The molecule has 0 aliphatic heterocycles. The predicted molar refractivity (Wildman–Crippen MR) is 175 cm³/mol. The molecule has 2 aromatic heterocycles. The summed E-state index contributed by atoms with van der Waals surface area (Å²) in [6.45, 7) is 20.1. The van der Waals surface area contributed by atoms with E-state index in [1.807, 2.05) is 49.8 Å². The van der Waals surface area contributed by atoms with Crippen LogP contribution in [0.1, 0.15) is 78.6 Å². The Bertz CT molecular complexity index is 1470. The number of nitrogens with one attached hydrogen (secondary N) is 1. The molecule has 8 heteroatoms. The maximum absolute atomic E-state index is 12.9. The number of nitrogens with zero attached hydrogens (tertiary/aromatic N) is 3. The Morgan fingerprint density at radius 1 is 1.00 bits per heavy atom. The minimum atomic E-state index is -1.85. The summed E-state index contributed by atoms with van der Waals surface area (Å²) in [5.41, 5.74) is 5.98. The summed E-state index contributed by atoms with van der Waals surface area (Å²) in [5, 5.41) is 5.97. The molecule has 0 saturated carbocycles. The lowest BCUT2D eigenvalue weighted by molar-refractivity contribution is 0.276. The van der Waals surface area contributed by atoms with Crippen LogP contribution in [-0.4, -0.2) is 32.4 Å². The van der Waals surface area contributed by atoms with Crippen LogP contribution in [0, 0.1) is 0 Å². The van der Waals surface area contributed by atoms with Crippen molar-refractivity contribution < 1.29 is 8.98 Å². The van der Waals surface area contributed by atoms with Crippen molar-refractivity contribution in [3.8, 4) is 16.9 Å². The Morgan fingerprint density at radius 3 is 2.41 bits per heavy atom. The maximum Gasteiger partial charge on any atom is 0.192 e. The van der Waals surface area contributed by atoms with Crippen molar-refractivity contribution >= 4 is 30.6 Å². The zero-order valence-electron chi connectivity index (χ0n) is 26.1. The third kappa shape index (κ3) is 7.48. The number of hydrogen-bond donors (Lipinski definition) is 1. The number of hydrogen-bond acceptors (Lipinski definition) is 5. The van der Waals surface area contributed by atoms with Crippen molar-refractivity contribution in [2.45, 2.75) is 96.8 Å². The fourth-order valence-corrected chi connectivity index (χ4v) is 6.12. The molecule has 2 heterocycles. The predicted octanol–water partition coefficient (Wildman–Crippen LogP) is 8.50. The van der Waals surface area contributed by atoms with E-state index in [0.29, 0.717) is 6.61 Å². The van der Waals surface area contributed by atoms with Gasteiger partial charge in [-0.15, -0.1) is 4.72 Å². The van der Waals surface area contributed by atoms with Gasteiger partial charge >= 0.3 is 0 Å². The second kappa shape index (κ2) is 12.4. The molecule has 6 nitrogen and oxygen atoms in total. The minimum Gasteiger partial charge on any atom is -0.598 e. The van der Waals surface area contributed by atoms with Crippen molar-refractivity contribution in [3.05, 3.63) is 78.1 Å². The molecular weight excluding hydrogens is 545 g/mol. The first-order valence-electron chi connectivity index (χ1n) is 14.6. The van der Waals surface area contributed by atoms with Gasteiger partial charge in [-0.25, -0.2) is 4.68 Å². The van der Waals surface area contributed by atoms with Gasteiger partial charge < -0.3 is 8.98 Å². The fraction of sp³-hybridized carbons (Fsp3) is 0.455. The first-order chi connectivity index (χ1) is 19.2. The topological polar surface area (TPSA) is 75.0 Å². The van der Waals surface area contributed by atoms with Crippen LogP contribution in [0.2, 0.25) is 18.1 Å². The van der Waals surface area contributed by atoms with Crippen LogP contribution in [0.25, 0.3) is 27.8 Å². The summed E-state index contributed by atoms with van der Waals surface area (Å²) in [4.78, 5) is 5.03. The van der Waals surface area contributed by atoms with Gasteiger partial charge in [-0.3, -0.25) is 4.98 Å². The second-order valence-corrected chi connectivity index (χ2v) is 20.1. The highest BCUT2D eigenvalue weighted by Crippen LogP contribution is 2.37. The molecule has 0 aliphatic rings. The lowest BCUT2D eigenvalue weighted by Crippen LogP contribution is -2.41. The van der Waals surface area contributed by atoms with Crippen molar-refractivity contribution in [3.63, 3.8) is 0 Å². The van der Waals surface area contributed by atoms with E-state index in [4.69, 9.17) is 14.5 Å². The molecular formula is C33H46N4O2SSi. The Balaban J connectivity index is 1.63. The van der Waals surface area contributed by atoms with Gasteiger partial charge in [-0.1, -0.05) is 64.4 Å². The van der Waals surface area contributed by atoms with Gasteiger partial charge in [0.05, 0.1) is 41.4 Å². The Morgan fingerprint density at radius 2 is 1.73 bits per heavy atom. The van der Waals surface area contributed by atoms with Gasteiger partial charge in [-0.05, 0) is 81.2 Å². The smallest absolute Gasteiger partial charge is 0.192 e. The molecule has 2 atom stereocenters. The van der Waals surface area contributed by atoms with Gasteiger partial charge in [0.15, 0.2) is 8.32 Å². The third-order valence-electron chi connectivity index (χ3n) is 7.94. The van der Waals surface area contributed by atoms with E-state index in [0.717, 1.165) is 51.9 Å². The van der Waals surface area contributed by atoms with Gasteiger partial charge in [-0.2, -0.15) is 5.10 Å². The van der Waals surface area contributed by atoms with E-state index in [2.05, 4.69) is 88.0 Å². The van der Waals surface area contributed by atoms with Crippen molar-refractivity contribution in [1.29, 1.82) is 0 Å². The second-order valence-electron chi connectivity index (χ2n) is 13.3. The van der Waals surface area contributed by atoms with Gasteiger partial charge in [0.25, 0.3) is 0 Å². The van der Waals surface area contributed by atoms with Crippen molar-refractivity contribution in [1.82, 2.24) is 19.5 Å². The molecule has 0 aliphatic carbocycles. The molecule has 0 fully saturated rings. The highest BCUT2D eigenvalue weighted by molar-refractivity contribution is 7.90. The molecule has 0 spiro atoms. The highest BCUT2D eigenvalue weighted by atomic mass is 32.2. The lowest BCUT2D eigenvalue weighted by atomic mass is 10.1. The molecule has 2 aromatic carbocycles. The van der Waals surface area contributed by atoms with Crippen LogP contribution in [0.15, 0.2) is 66.9 Å². The van der Waals surface area contributed by atoms with Crippen molar-refractivity contribution in [2.24, 2.45) is 0 Å². The number of aromatic nitrogens is 3. The molecule has 0 radical (unpaired) electrons. The summed E-state index contributed by atoms with van der Waals surface area (Å²) in [6.07, 6.45) is 3.74. The summed E-state index contributed by atoms with van der Waals surface area (Å²) in [7, 11) is -1.85. The van der Waals surface area contributed by atoms with Gasteiger partial charge in [0.2, 0.25) is 0 Å². The van der Waals surface area contributed by atoms with Crippen LogP contribution in [-0.2, 0) is 22.4 Å². The fourth-order valence-electron chi connectivity index (χ4n) is 4.31. The van der Waals surface area contributed by atoms with E-state index < -0.39 is 19.7 Å². The molecule has 0 saturated heterocycles. The number of pyridine rings is 1. The normalized spacial score (nSPS) is 14.4. The maximum atomic E-state index is 12.9. The van der Waals surface area contributed by atoms with Crippen LogP contribution in [0.3, 0.4) is 0 Å². The van der Waals surface area contributed by atoms with E-state index in [1.54, 1.807) is 0 Å².